The number of hydrogen-bond donors (Lipinski definition) is 1. The minimum atomic E-state index is 0.493. The van der Waals surface area contributed by atoms with Crippen LogP contribution >= 0.6 is 0 Å². The van der Waals surface area contributed by atoms with Gasteiger partial charge in [0.05, 0.1) is 6.61 Å². The third-order valence-corrected chi connectivity index (χ3v) is 5.66. The molecule has 0 spiro atoms. The van der Waals surface area contributed by atoms with E-state index < -0.39 is 0 Å². The van der Waals surface area contributed by atoms with Gasteiger partial charge in [0.1, 0.15) is 5.75 Å². The summed E-state index contributed by atoms with van der Waals surface area (Å²) in [5, 5.41) is 3.61. The second-order valence-electron chi connectivity index (χ2n) is 7.14. The molecule has 2 heteroatoms. The molecule has 1 saturated carbocycles. The molecule has 1 atom stereocenters. The Bertz CT molecular complexity index is 476. The molecule has 1 unspecified atom stereocenters. The summed E-state index contributed by atoms with van der Waals surface area (Å²) in [5.41, 5.74) is 3.36. The van der Waals surface area contributed by atoms with Crippen LogP contribution in [0.2, 0.25) is 0 Å². The molecule has 1 aromatic rings. The Hall–Kier alpha value is -1.02. The molecule has 1 aliphatic heterocycles. The first-order chi connectivity index (χ1) is 10.2. The molecule has 0 aromatic heterocycles. The van der Waals surface area contributed by atoms with Crippen molar-refractivity contribution >= 4 is 0 Å². The zero-order chi connectivity index (χ0) is 14.7. The van der Waals surface area contributed by atoms with Gasteiger partial charge in [-0.05, 0) is 55.3 Å². The normalized spacial score (nSPS) is 21.6. The Kier molecular flexibility index (Phi) is 4.54. The number of rotatable bonds is 5. The van der Waals surface area contributed by atoms with Crippen molar-refractivity contribution < 1.29 is 4.74 Å². The third kappa shape index (κ3) is 3.26. The summed E-state index contributed by atoms with van der Waals surface area (Å²) in [6.07, 6.45) is 10.5. The first-order valence-electron chi connectivity index (χ1n) is 8.63. The first-order valence-corrected chi connectivity index (χ1v) is 8.63. The zero-order valence-electron chi connectivity index (χ0n) is 13.6. The predicted octanol–water partition coefficient (Wildman–Crippen LogP) is 4.11. The van der Waals surface area contributed by atoms with Crippen LogP contribution < -0.4 is 10.1 Å². The molecule has 1 N–H and O–H groups in total. The van der Waals surface area contributed by atoms with E-state index in [1.165, 1.54) is 56.1 Å². The summed E-state index contributed by atoms with van der Waals surface area (Å²) in [6, 6.07) is 7.41. The number of nitrogens with one attached hydrogen (secondary N) is 1. The van der Waals surface area contributed by atoms with Crippen molar-refractivity contribution in [3.63, 3.8) is 0 Å². The maximum Gasteiger partial charge on any atom is 0.122 e. The van der Waals surface area contributed by atoms with E-state index in [1.54, 1.807) is 0 Å². The van der Waals surface area contributed by atoms with E-state index in [9.17, 15) is 0 Å². The van der Waals surface area contributed by atoms with E-state index in [0.717, 1.165) is 18.8 Å². The maximum absolute atomic E-state index is 5.60. The Morgan fingerprint density at radius 2 is 2.05 bits per heavy atom. The highest BCUT2D eigenvalue weighted by Gasteiger charge is 2.34. The van der Waals surface area contributed by atoms with Crippen molar-refractivity contribution in [1.82, 2.24) is 5.32 Å². The van der Waals surface area contributed by atoms with Gasteiger partial charge >= 0.3 is 0 Å². The number of aryl methyl sites for hydroxylation is 1. The lowest BCUT2D eigenvalue weighted by atomic mass is 9.69. The van der Waals surface area contributed by atoms with Gasteiger partial charge in [-0.25, -0.2) is 0 Å². The molecule has 21 heavy (non-hydrogen) atoms. The second-order valence-corrected chi connectivity index (χ2v) is 7.14. The fourth-order valence-electron chi connectivity index (χ4n) is 4.26. The predicted molar refractivity (Wildman–Crippen MR) is 88.0 cm³/mol. The minimum Gasteiger partial charge on any atom is -0.493 e. The van der Waals surface area contributed by atoms with Crippen LogP contribution in [0.3, 0.4) is 0 Å². The van der Waals surface area contributed by atoms with Crippen molar-refractivity contribution in [2.45, 2.75) is 64.3 Å². The molecule has 2 nitrogen and oxygen atoms in total. The Balaban J connectivity index is 1.62. The van der Waals surface area contributed by atoms with E-state index >= 15 is 0 Å². The Morgan fingerprint density at radius 1 is 1.24 bits per heavy atom. The van der Waals surface area contributed by atoms with Gasteiger partial charge in [0.2, 0.25) is 0 Å². The van der Waals surface area contributed by atoms with E-state index in [0.29, 0.717) is 11.5 Å². The van der Waals surface area contributed by atoms with Crippen LogP contribution in [-0.4, -0.2) is 19.7 Å². The SMILES string of the molecule is CNC(CCc1ccc2c(c1)CCO2)C1(C)CCCCC1. The van der Waals surface area contributed by atoms with Crippen LogP contribution in [0.1, 0.15) is 56.6 Å². The molecule has 1 fully saturated rings. The van der Waals surface area contributed by atoms with Crippen molar-refractivity contribution in [2.75, 3.05) is 13.7 Å². The summed E-state index contributed by atoms with van der Waals surface area (Å²) >= 11 is 0. The third-order valence-electron chi connectivity index (χ3n) is 5.66. The average Bonchev–Trinajstić information content (AvgIpc) is 2.96. The van der Waals surface area contributed by atoms with Gasteiger partial charge in [-0.3, -0.25) is 0 Å². The molecule has 2 aliphatic rings. The lowest BCUT2D eigenvalue weighted by Gasteiger charge is -2.41. The molecule has 1 aliphatic carbocycles. The monoisotopic (exact) mass is 287 g/mol. The molecular formula is C19H29NO. The summed E-state index contributed by atoms with van der Waals surface area (Å²) in [6.45, 7) is 3.35. The highest BCUT2D eigenvalue weighted by atomic mass is 16.5. The smallest absolute Gasteiger partial charge is 0.122 e. The standard InChI is InChI=1S/C19H29NO/c1-19(11-4-3-5-12-19)18(20-2)9-7-15-6-8-17-16(14-15)10-13-21-17/h6,8,14,18,20H,3-5,7,9-13H2,1-2H3. The van der Waals surface area contributed by atoms with Crippen LogP contribution in [0.15, 0.2) is 18.2 Å². The van der Waals surface area contributed by atoms with Gasteiger partial charge in [-0.2, -0.15) is 0 Å². The summed E-state index contributed by atoms with van der Waals surface area (Å²) in [4.78, 5) is 0. The van der Waals surface area contributed by atoms with Crippen LogP contribution in [0.25, 0.3) is 0 Å². The second kappa shape index (κ2) is 6.39. The lowest BCUT2D eigenvalue weighted by Crippen LogP contribution is -2.43. The average molecular weight is 287 g/mol. The fourth-order valence-corrected chi connectivity index (χ4v) is 4.26. The summed E-state index contributed by atoms with van der Waals surface area (Å²) < 4.78 is 5.60. The van der Waals surface area contributed by atoms with Crippen molar-refractivity contribution in [2.24, 2.45) is 5.41 Å². The van der Waals surface area contributed by atoms with Crippen molar-refractivity contribution in [3.05, 3.63) is 29.3 Å². The summed E-state index contributed by atoms with van der Waals surface area (Å²) in [5.74, 6) is 1.10. The Labute approximate surface area is 129 Å². The van der Waals surface area contributed by atoms with E-state index in [-0.39, 0.29) is 0 Å². The van der Waals surface area contributed by atoms with Crippen molar-refractivity contribution in [3.8, 4) is 5.75 Å². The van der Waals surface area contributed by atoms with Gasteiger partial charge in [-0.15, -0.1) is 0 Å². The molecule has 116 valence electrons. The molecule has 0 saturated heterocycles. The van der Waals surface area contributed by atoms with Gasteiger partial charge in [0, 0.05) is 12.5 Å². The lowest BCUT2D eigenvalue weighted by molar-refractivity contribution is 0.143. The summed E-state index contributed by atoms with van der Waals surface area (Å²) in [7, 11) is 2.14. The van der Waals surface area contributed by atoms with Crippen molar-refractivity contribution in [1.29, 1.82) is 0 Å². The first kappa shape index (κ1) is 14.9. The van der Waals surface area contributed by atoms with E-state index in [1.807, 2.05) is 0 Å². The van der Waals surface area contributed by atoms with Crippen LogP contribution in [-0.2, 0) is 12.8 Å². The molecule has 0 amide bonds. The van der Waals surface area contributed by atoms with Gasteiger partial charge in [-0.1, -0.05) is 38.3 Å². The van der Waals surface area contributed by atoms with Crippen LogP contribution in [0.5, 0.6) is 5.75 Å². The number of hydrogen-bond acceptors (Lipinski definition) is 2. The topological polar surface area (TPSA) is 21.3 Å². The van der Waals surface area contributed by atoms with Gasteiger partial charge in [0.15, 0.2) is 0 Å². The quantitative estimate of drug-likeness (QED) is 0.880. The number of benzene rings is 1. The highest BCUT2D eigenvalue weighted by molar-refractivity contribution is 5.39. The molecule has 0 bridgehead atoms. The van der Waals surface area contributed by atoms with Gasteiger partial charge in [0.25, 0.3) is 0 Å². The fraction of sp³-hybridized carbons (Fsp3) is 0.684. The molecule has 3 rings (SSSR count). The number of fused-ring (bicyclic) bond motifs is 1. The number of ether oxygens (including phenoxy) is 1. The van der Waals surface area contributed by atoms with Crippen LogP contribution in [0.4, 0.5) is 0 Å². The maximum atomic E-state index is 5.60. The van der Waals surface area contributed by atoms with Gasteiger partial charge < -0.3 is 10.1 Å². The minimum absolute atomic E-state index is 0.493. The molecular weight excluding hydrogens is 258 g/mol. The molecule has 0 radical (unpaired) electrons. The Morgan fingerprint density at radius 3 is 2.81 bits per heavy atom. The highest BCUT2D eigenvalue weighted by Crippen LogP contribution is 2.40. The zero-order valence-corrected chi connectivity index (χ0v) is 13.6. The molecule has 1 aromatic carbocycles. The van der Waals surface area contributed by atoms with E-state index in [4.69, 9.17) is 4.74 Å². The largest absolute Gasteiger partial charge is 0.493 e. The van der Waals surface area contributed by atoms with Crippen LogP contribution in [0, 0.1) is 5.41 Å². The van der Waals surface area contributed by atoms with E-state index in [2.05, 4.69) is 37.5 Å². The molecule has 1 heterocycles.